The minimum atomic E-state index is 0.457. The van der Waals surface area contributed by atoms with E-state index in [1.807, 2.05) is 0 Å². The van der Waals surface area contributed by atoms with Crippen molar-refractivity contribution in [2.45, 2.75) is 18.9 Å². The molecule has 2 heteroatoms. The van der Waals surface area contributed by atoms with Crippen molar-refractivity contribution in [3.63, 3.8) is 0 Å². The summed E-state index contributed by atoms with van der Waals surface area (Å²) in [6.07, 6.45) is 2.72. The summed E-state index contributed by atoms with van der Waals surface area (Å²) in [5.41, 5.74) is 5.90. The van der Waals surface area contributed by atoms with E-state index in [-0.39, 0.29) is 0 Å². The molecule has 1 heterocycles. The molecule has 1 saturated carbocycles. The molecule has 2 nitrogen and oxygen atoms in total. The van der Waals surface area contributed by atoms with Crippen LogP contribution in [0.15, 0.2) is 0 Å². The Morgan fingerprint density at radius 3 is 2.22 bits per heavy atom. The van der Waals surface area contributed by atoms with E-state index in [1.54, 1.807) is 0 Å². The molecule has 9 heavy (non-hydrogen) atoms. The molecule has 1 atom stereocenters. The highest BCUT2D eigenvalue weighted by Crippen LogP contribution is 2.36. The van der Waals surface area contributed by atoms with E-state index in [4.69, 9.17) is 10.5 Å². The largest absolute Gasteiger partial charge is 0.381 e. The van der Waals surface area contributed by atoms with Gasteiger partial charge in [0.25, 0.3) is 0 Å². The fourth-order valence-electron chi connectivity index (χ4n) is 1.34. The van der Waals surface area contributed by atoms with Gasteiger partial charge in [-0.25, -0.2) is 0 Å². The van der Waals surface area contributed by atoms with Gasteiger partial charge in [-0.05, 0) is 18.8 Å². The molecule has 1 unspecified atom stereocenters. The highest BCUT2D eigenvalue weighted by molar-refractivity contribution is 4.90. The molecule has 52 valence electrons. The number of ether oxygens (including phenoxy) is 1. The average Bonchev–Trinajstić information content (AvgIpc) is 2.37. The fraction of sp³-hybridized carbons (Fsp3) is 1.00. The molecule has 0 bridgehead atoms. The second-order valence-electron chi connectivity index (χ2n) is 3.21. The van der Waals surface area contributed by atoms with Crippen LogP contribution < -0.4 is 5.73 Å². The molecule has 0 aromatic carbocycles. The lowest BCUT2D eigenvalue weighted by molar-refractivity contribution is -0.0467. The lowest BCUT2D eigenvalue weighted by Crippen LogP contribution is -2.44. The van der Waals surface area contributed by atoms with Gasteiger partial charge in [-0.2, -0.15) is 0 Å². The van der Waals surface area contributed by atoms with Crippen molar-refractivity contribution in [3.8, 4) is 0 Å². The van der Waals surface area contributed by atoms with E-state index in [0.717, 1.165) is 19.1 Å². The van der Waals surface area contributed by atoms with Gasteiger partial charge in [0.05, 0.1) is 13.2 Å². The van der Waals surface area contributed by atoms with Crippen molar-refractivity contribution < 1.29 is 4.74 Å². The van der Waals surface area contributed by atoms with Gasteiger partial charge in [-0.15, -0.1) is 0 Å². The van der Waals surface area contributed by atoms with E-state index < -0.39 is 0 Å². The highest BCUT2D eigenvalue weighted by Gasteiger charge is 2.36. The maximum absolute atomic E-state index is 5.90. The lowest BCUT2D eigenvalue weighted by Gasteiger charge is -2.31. The highest BCUT2D eigenvalue weighted by atomic mass is 16.5. The molecular weight excluding hydrogens is 114 g/mol. The zero-order valence-corrected chi connectivity index (χ0v) is 5.55. The molecule has 0 aromatic heterocycles. The van der Waals surface area contributed by atoms with E-state index >= 15 is 0 Å². The van der Waals surface area contributed by atoms with Gasteiger partial charge >= 0.3 is 0 Å². The van der Waals surface area contributed by atoms with Crippen LogP contribution in [0, 0.1) is 11.8 Å². The molecule has 0 spiro atoms. The van der Waals surface area contributed by atoms with E-state index in [9.17, 15) is 0 Å². The van der Waals surface area contributed by atoms with Crippen LogP contribution in [-0.4, -0.2) is 19.3 Å². The molecule has 2 rings (SSSR count). The number of hydrogen-bond donors (Lipinski definition) is 1. The van der Waals surface area contributed by atoms with Gasteiger partial charge in [0.15, 0.2) is 0 Å². The van der Waals surface area contributed by atoms with Crippen molar-refractivity contribution in [1.82, 2.24) is 0 Å². The smallest absolute Gasteiger partial charge is 0.0531 e. The maximum Gasteiger partial charge on any atom is 0.0531 e. The van der Waals surface area contributed by atoms with Crippen LogP contribution in [0.1, 0.15) is 12.8 Å². The van der Waals surface area contributed by atoms with Crippen LogP contribution in [0.5, 0.6) is 0 Å². The quantitative estimate of drug-likeness (QED) is 0.581. The number of rotatable bonds is 2. The lowest BCUT2D eigenvalue weighted by atomic mass is 9.95. The predicted octanol–water partition coefficient (Wildman–Crippen LogP) is 0.370. The third-order valence-electron chi connectivity index (χ3n) is 2.37. The average molecular weight is 127 g/mol. The first kappa shape index (κ1) is 5.69. The van der Waals surface area contributed by atoms with E-state index in [0.29, 0.717) is 12.0 Å². The summed E-state index contributed by atoms with van der Waals surface area (Å²) in [5.74, 6) is 1.54. The van der Waals surface area contributed by atoms with Crippen molar-refractivity contribution >= 4 is 0 Å². The monoisotopic (exact) mass is 127 g/mol. The topological polar surface area (TPSA) is 35.2 Å². The summed E-state index contributed by atoms with van der Waals surface area (Å²) in [7, 11) is 0. The van der Waals surface area contributed by atoms with E-state index in [1.165, 1.54) is 12.8 Å². The second-order valence-corrected chi connectivity index (χ2v) is 3.21. The summed E-state index contributed by atoms with van der Waals surface area (Å²) >= 11 is 0. The summed E-state index contributed by atoms with van der Waals surface area (Å²) < 4.78 is 5.05. The van der Waals surface area contributed by atoms with Crippen LogP contribution in [0.4, 0.5) is 0 Å². The first-order chi connectivity index (χ1) is 4.38. The Kier molecular flexibility index (Phi) is 1.24. The normalized spacial score (nSPS) is 31.7. The maximum atomic E-state index is 5.90. The fourth-order valence-corrected chi connectivity index (χ4v) is 1.34. The molecule has 1 aliphatic carbocycles. The predicted molar refractivity (Wildman–Crippen MR) is 35.0 cm³/mol. The minimum Gasteiger partial charge on any atom is -0.381 e. The molecule has 1 saturated heterocycles. The van der Waals surface area contributed by atoms with Gasteiger partial charge in [0.2, 0.25) is 0 Å². The van der Waals surface area contributed by atoms with Gasteiger partial charge in [0.1, 0.15) is 0 Å². The van der Waals surface area contributed by atoms with Gasteiger partial charge in [-0.1, -0.05) is 0 Å². The second kappa shape index (κ2) is 1.96. The zero-order valence-electron chi connectivity index (χ0n) is 5.55. The van der Waals surface area contributed by atoms with Gasteiger partial charge in [0, 0.05) is 12.0 Å². The summed E-state index contributed by atoms with van der Waals surface area (Å²) in [5, 5.41) is 0. The van der Waals surface area contributed by atoms with Crippen LogP contribution in [0.2, 0.25) is 0 Å². The molecule has 0 amide bonds. The Balaban J connectivity index is 1.81. The van der Waals surface area contributed by atoms with Crippen LogP contribution >= 0.6 is 0 Å². The summed E-state index contributed by atoms with van der Waals surface area (Å²) in [6, 6.07) is 0.457. The third kappa shape index (κ3) is 0.970. The Labute approximate surface area is 55.4 Å². The van der Waals surface area contributed by atoms with Gasteiger partial charge < -0.3 is 10.5 Å². The number of hydrogen-bond acceptors (Lipinski definition) is 2. The van der Waals surface area contributed by atoms with Crippen LogP contribution in [0.3, 0.4) is 0 Å². The molecule has 2 aliphatic rings. The third-order valence-corrected chi connectivity index (χ3v) is 2.37. The molecule has 0 aromatic rings. The molecule has 2 N–H and O–H groups in total. The molecule has 0 radical (unpaired) electrons. The standard InChI is InChI=1S/C7H13NO/c8-7(5-1-2-5)6-3-9-4-6/h5-7H,1-4,8H2. The summed E-state index contributed by atoms with van der Waals surface area (Å²) in [4.78, 5) is 0. The number of nitrogens with two attached hydrogens (primary N) is 1. The van der Waals surface area contributed by atoms with Crippen molar-refractivity contribution in [3.05, 3.63) is 0 Å². The van der Waals surface area contributed by atoms with Crippen molar-refractivity contribution in [2.75, 3.05) is 13.2 Å². The van der Waals surface area contributed by atoms with Gasteiger partial charge in [-0.3, -0.25) is 0 Å². The summed E-state index contributed by atoms with van der Waals surface area (Å²) in [6.45, 7) is 1.83. The molecule has 1 aliphatic heterocycles. The van der Waals surface area contributed by atoms with E-state index in [2.05, 4.69) is 0 Å². The van der Waals surface area contributed by atoms with Crippen LogP contribution in [0.25, 0.3) is 0 Å². The Morgan fingerprint density at radius 1 is 1.22 bits per heavy atom. The van der Waals surface area contributed by atoms with Crippen molar-refractivity contribution in [2.24, 2.45) is 17.6 Å². The first-order valence-corrected chi connectivity index (χ1v) is 3.71. The Bertz CT molecular complexity index is 107. The Hall–Kier alpha value is -0.0800. The van der Waals surface area contributed by atoms with Crippen molar-refractivity contribution in [1.29, 1.82) is 0 Å². The first-order valence-electron chi connectivity index (χ1n) is 3.71. The minimum absolute atomic E-state index is 0.457. The molecule has 2 fully saturated rings. The van der Waals surface area contributed by atoms with Crippen LogP contribution in [-0.2, 0) is 4.74 Å². The SMILES string of the molecule is NC(C1CC1)C1COC1. The molecular formula is C7H13NO. The Morgan fingerprint density at radius 2 is 1.89 bits per heavy atom. The zero-order chi connectivity index (χ0) is 6.27.